The third kappa shape index (κ3) is 3.36. The van der Waals surface area contributed by atoms with Crippen LogP contribution in [0.1, 0.15) is 23.7 Å². The third-order valence-corrected chi connectivity index (χ3v) is 4.50. The van der Waals surface area contributed by atoms with Crippen molar-refractivity contribution in [2.45, 2.75) is 24.3 Å². The lowest BCUT2D eigenvalue weighted by molar-refractivity contribution is -0.385. The maximum Gasteiger partial charge on any atom is 0.282 e. The van der Waals surface area contributed by atoms with Gasteiger partial charge in [-0.05, 0) is 30.7 Å². The summed E-state index contributed by atoms with van der Waals surface area (Å²) >= 11 is 1.44. The van der Waals surface area contributed by atoms with Crippen LogP contribution in [0.5, 0.6) is 0 Å². The lowest BCUT2D eigenvalue weighted by Gasteiger charge is -2.34. The van der Waals surface area contributed by atoms with E-state index < -0.39 is 11.0 Å². The molecule has 114 valence electrons. The summed E-state index contributed by atoms with van der Waals surface area (Å²) < 4.78 is 0. The molecule has 0 radical (unpaired) electrons. The Balaban J connectivity index is 2.31. The van der Waals surface area contributed by atoms with Crippen LogP contribution in [-0.4, -0.2) is 46.3 Å². The Bertz CT molecular complexity index is 564. The number of nitro groups is 1. The number of nitro benzene ring substituents is 1. The van der Waals surface area contributed by atoms with Gasteiger partial charge in [-0.1, -0.05) is 6.92 Å². The Morgan fingerprint density at radius 2 is 2.24 bits per heavy atom. The second kappa shape index (κ2) is 6.44. The molecular weight excluding hydrogens is 292 g/mol. The van der Waals surface area contributed by atoms with Gasteiger partial charge in [0.1, 0.15) is 5.56 Å². The number of hydrogen-bond donors (Lipinski definition) is 1. The van der Waals surface area contributed by atoms with E-state index in [1.807, 2.05) is 13.2 Å². The molecule has 2 atom stereocenters. The summed E-state index contributed by atoms with van der Waals surface area (Å²) in [5.74, 6) is -0.359. The number of nitrogens with zero attached hydrogens (tertiary/aromatic N) is 2. The number of thioether (sulfide) groups is 1. The van der Waals surface area contributed by atoms with Crippen LogP contribution in [0.3, 0.4) is 0 Å². The minimum atomic E-state index is -0.528. The van der Waals surface area contributed by atoms with E-state index in [0.29, 0.717) is 19.5 Å². The summed E-state index contributed by atoms with van der Waals surface area (Å²) in [7, 11) is 0. The third-order valence-electron chi connectivity index (χ3n) is 3.78. The fraction of sp³-hybridized carbons (Fsp3) is 0.500. The van der Waals surface area contributed by atoms with Crippen LogP contribution in [0.2, 0.25) is 0 Å². The van der Waals surface area contributed by atoms with Crippen molar-refractivity contribution in [1.29, 1.82) is 0 Å². The molecule has 1 N–H and O–H groups in total. The van der Waals surface area contributed by atoms with Crippen molar-refractivity contribution in [2.24, 2.45) is 5.92 Å². The number of hydrogen-bond acceptors (Lipinski definition) is 5. The molecule has 1 amide bonds. The van der Waals surface area contributed by atoms with Gasteiger partial charge in [-0.3, -0.25) is 14.9 Å². The zero-order valence-electron chi connectivity index (χ0n) is 12.0. The maximum atomic E-state index is 12.6. The van der Waals surface area contributed by atoms with E-state index in [0.717, 1.165) is 4.90 Å². The fourth-order valence-corrected chi connectivity index (χ4v) is 2.90. The predicted octanol–water partition coefficient (Wildman–Crippen LogP) is 2.16. The van der Waals surface area contributed by atoms with Crippen LogP contribution in [0.25, 0.3) is 0 Å². The quantitative estimate of drug-likeness (QED) is 0.525. The average molecular weight is 310 g/mol. The molecule has 1 aliphatic heterocycles. The molecule has 6 nitrogen and oxygen atoms in total. The number of aliphatic hydroxyl groups is 1. The Morgan fingerprint density at radius 3 is 2.81 bits per heavy atom. The standard InChI is InChI=1S/C14H18N2O4S/c1-9-8-15(6-5-13(9)17)14(18)11-7-10(21-2)3-4-12(11)16(19)20/h3-4,7,9,13,17H,5-6,8H2,1-2H3/t9-,13+/m0/s1. The summed E-state index contributed by atoms with van der Waals surface area (Å²) in [6.07, 6.45) is 1.94. The first-order valence-electron chi connectivity index (χ1n) is 6.73. The Kier molecular flexibility index (Phi) is 4.84. The number of piperidine rings is 1. The van der Waals surface area contributed by atoms with Crippen molar-refractivity contribution >= 4 is 23.4 Å². The Hall–Kier alpha value is -1.60. The summed E-state index contributed by atoms with van der Waals surface area (Å²) in [5, 5.41) is 20.8. The Morgan fingerprint density at radius 1 is 1.52 bits per heavy atom. The first-order chi connectivity index (χ1) is 9.93. The molecule has 1 aliphatic rings. The molecule has 7 heteroatoms. The molecule has 0 aromatic heterocycles. The van der Waals surface area contributed by atoms with Crippen LogP contribution in [0, 0.1) is 16.0 Å². The van der Waals surface area contributed by atoms with Gasteiger partial charge in [0.15, 0.2) is 0 Å². The molecule has 0 unspecified atom stereocenters. The summed E-state index contributed by atoms with van der Waals surface area (Å²) in [6.45, 7) is 2.71. The summed E-state index contributed by atoms with van der Waals surface area (Å²) in [4.78, 5) is 25.6. The van der Waals surface area contributed by atoms with E-state index in [9.17, 15) is 20.0 Å². The summed E-state index contributed by atoms with van der Waals surface area (Å²) in [6, 6.07) is 4.59. The van der Waals surface area contributed by atoms with Gasteiger partial charge >= 0.3 is 0 Å². The number of likely N-dealkylation sites (tertiary alicyclic amines) is 1. The number of carbonyl (C=O) groups excluding carboxylic acids is 1. The minimum Gasteiger partial charge on any atom is -0.393 e. The highest BCUT2D eigenvalue weighted by molar-refractivity contribution is 7.98. The fourth-order valence-electron chi connectivity index (χ4n) is 2.46. The number of carbonyl (C=O) groups is 1. The average Bonchev–Trinajstić information content (AvgIpc) is 2.48. The highest BCUT2D eigenvalue weighted by Gasteiger charge is 2.31. The molecule has 0 bridgehead atoms. The predicted molar refractivity (Wildman–Crippen MR) is 80.6 cm³/mol. The highest BCUT2D eigenvalue weighted by atomic mass is 32.2. The normalized spacial score (nSPS) is 22.1. The van der Waals surface area contributed by atoms with Crippen molar-refractivity contribution in [2.75, 3.05) is 19.3 Å². The van der Waals surface area contributed by atoms with Crippen molar-refractivity contribution in [1.82, 2.24) is 4.90 Å². The van der Waals surface area contributed by atoms with Crippen molar-refractivity contribution in [3.05, 3.63) is 33.9 Å². The van der Waals surface area contributed by atoms with Gasteiger partial charge in [-0.25, -0.2) is 0 Å². The van der Waals surface area contributed by atoms with Crippen LogP contribution in [0.15, 0.2) is 23.1 Å². The molecule has 0 saturated carbocycles. The number of aliphatic hydroxyl groups excluding tert-OH is 1. The van der Waals surface area contributed by atoms with Gasteiger partial charge in [-0.15, -0.1) is 11.8 Å². The molecular formula is C14H18N2O4S. The van der Waals surface area contributed by atoms with Crippen molar-refractivity contribution in [3.63, 3.8) is 0 Å². The van der Waals surface area contributed by atoms with Gasteiger partial charge in [0.05, 0.1) is 11.0 Å². The van der Waals surface area contributed by atoms with Gasteiger partial charge < -0.3 is 10.0 Å². The van der Waals surface area contributed by atoms with Crippen LogP contribution < -0.4 is 0 Å². The van der Waals surface area contributed by atoms with E-state index in [1.54, 1.807) is 17.0 Å². The zero-order chi connectivity index (χ0) is 15.6. The zero-order valence-corrected chi connectivity index (χ0v) is 12.8. The largest absolute Gasteiger partial charge is 0.393 e. The van der Waals surface area contributed by atoms with E-state index in [-0.39, 0.29) is 23.1 Å². The lowest BCUT2D eigenvalue weighted by Crippen LogP contribution is -2.45. The van der Waals surface area contributed by atoms with Crippen LogP contribution in [-0.2, 0) is 0 Å². The number of amides is 1. The molecule has 1 heterocycles. The molecule has 2 rings (SSSR count). The monoisotopic (exact) mass is 310 g/mol. The molecule has 21 heavy (non-hydrogen) atoms. The number of rotatable bonds is 3. The van der Waals surface area contributed by atoms with Gasteiger partial charge in [0.2, 0.25) is 0 Å². The number of benzene rings is 1. The molecule has 0 aliphatic carbocycles. The topological polar surface area (TPSA) is 83.7 Å². The first-order valence-corrected chi connectivity index (χ1v) is 7.96. The van der Waals surface area contributed by atoms with E-state index >= 15 is 0 Å². The lowest BCUT2D eigenvalue weighted by atomic mass is 9.96. The van der Waals surface area contributed by atoms with E-state index in [4.69, 9.17) is 0 Å². The second-order valence-electron chi connectivity index (χ2n) is 5.22. The minimum absolute atomic E-state index is 0.0227. The van der Waals surface area contributed by atoms with Gasteiger partial charge in [0.25, 0.3) is 11.6 Å². The van der Waals surface area contributed by atoms with Gasteiger partial charge in [0, 0.05) is 24.1 Å². The smallest absolute Gasteiger partial charge is 0.282 e. The van der Waals surface area contributed by atoms with Crippen LogP contribution in [0.4, 0.5) is 5.69 Å². The first kappa shape index (κ1) is 15.8. The van der Waals surface area contributed by atoms with Crippen molar-refractivity contribution in [3.8, 4) is 0 Å². The highest BCUT2D eigenvalue weighted by Crippen LogP contribution is 2.27. The second-order valence-corrected chi connectivity index (χ2v) is 6.10. The SMILES string of the molecule is CSc1ccc([N+](=O)[O-])c(C(=O)N2CC[C@@H](O)[C@@H](C)C2)c1. The van der Waals surface area contributed by atoms with Crippen molar-refractivity contribution < 1.29 is 14.8 Å². The maximum absolute atomic E-state index is 12.6. The molecule has 1 aromatic rings. The molecule has 1 saturated heterocycles. The van der Waals surface area contributed by atoms with E-state index in [2.05, 4.69) is 0 Å². The summed E-state index contributed by atoms with van der Waals surface area (Å²) in [5.41, 5.74) is -0.0491. The Labute approximate surface area is 127 Å². The molecule has 0 spiro atoms. The molecule has 1 fully saturated rings. The molecule has 1 aromatic carbocycles. The van der Waals surface area contributed by atoms with Crippen LogP contribution >= 0.6 is 11.8 Å². The van der Waals surface area contributed by atoms with Gasteiger partial charge in [-0.2, -0.15) is 0 Å². The van der Waals surface area contributed by atoms with E-state index in [1.165, 1.54) is 17.8 Å².